The van der Waals surface area contributed by atoms with Crippen molar-refractivity contribution in [3.63, 3.8) is 0 Å². The molecule has 0 aliphatic rings. The normalized spacial score (nSPS) is 13.9. The molecule has 0 spiro atoms. The fourth-order valence-electron chi connectivity index (χ4n) is 4.14. The number of aromatic amines is 1. The van der Waals surface area contributed by atoms with Crippen molar-refractivity contribution in [1.82, 2.24) is 20.9 Å². The van der Waals surface area contributed by atoms with Gasteiger partial charge in [0.2, 0.25) is 17.7 Å². The highest BCUT2D eigenvalue weighted by Crippen LogP contribution is 2.19. The van der Waals surface area contributed by atoms with Crippen LogP contribution < -0.4 is 21.7 Å². The molecule has 3 amide bonds. The summed E-state index contributed by atoms with van der Waals surface area (Å²) in [4.78, 5) is 64.8. The lowest BCUT2D eigenvalue weighted by molar-refractivity contribution is -0.142. The maximum Gasteiger partial charge on any atom is 0.325 e. The fraction of sp³-hybridized carbons (Fsp3) is 0.321. The van der Waals surface area contributed by atoms with E-state index in [-0.39, 0.29) is 31.4 Å². The van der Waals surface area contributed by atoms with E-state index in [1.807, 2.05) is 24.3 Å². The maximum atomic E-state index is 13.6. The Bertz CT molecular complexity index is 1400. The van der Waals surface area contributed by atoms with Crippen LogP contribution >= 0.6 is 0 Å². The van der Waals surface area contributed by atoms with Gasteiger partial charge in [0.15, 0.2) is 0 Å². The highest BCUT2D eigenvalue weighted by molar-refractivity contribution is 5.95. The molecule has 13 nitrogen and oxygen atoms in total. The first-order chi connectivity index (χ1) is 19.4. The van der Waals surface area contributed by atoms with Gasteiger partial charge in [0.05, 0.1) is 6.04 Å². The molecule has 0 aliphatic carbocycles. The van der Waals surface area contributed by atoms with Gasteiger partial charge in [-0.25, -0.2) is 0 Å². The smallest absolute Gasteiger partial charge is 0.325 e. The quantitative estimate of drug-likeness (QED) is 0.135. The number of para-hydroxylation sites is 1. The molecule has 4 atom stereocenters. The highest BCUT2D eigenvalue weighted by atomic mass is 16.4. The molecule has 218 valence electrons. The topological polar surface area (TPSA) is 224 Å². The summed E-state index contributed by atoms with van der Waals surface area (Å²) in [6, 6.07) is 8.35. The van der Waals surface area contributed by atoms with E-state index >= 15 is 0 Å². The Hall–Kier alpha value is -4.91. The summed E-state index contributed by atoms with van der Waals surface area (Å²) in [7, 11) is 0. The Labute approximate surface area is 235 Å². The third-order valence-electron chi connectivity index (χ3n) is 6.48. The molecule has 0 aliphatic heterocycles. The zero-order valence-electron chi connectivity index (χ0n) is 22.3. The molecule has 4 unspecified atom stereocenters. The van der Waals surface area contributed by atoms with Crippen LogP contribution in [0.3, 0.4) is 0 Å². The number of H-pyrrole nitrogens is 1. The van der Waals surface area contributed by atoms with Gasteiger partial charge in [-0.3, -0.25) is 24.0 Å². The number of carboxylic acid groups (broad SMARTS) is 2. The molecular weight excluding hydrogens is 534 g/mol. The lowest BCUT2D eigenvalue weighted by Crippen LogP contribution is -2.58. The minimum Gasteiger partial charge on any atom is -0.508 e. The minimum atomic E-state index is -1.27. The van der Waals surface area contributed by atoms with Gasteiger partial charge in [-0.15, -0.1) is 0 Å². The van der Waals surface area contributed by atoms with Gasteiger partial charge in [0.1, 0.15) is 23.9 Å². The van der Waals surface area contributed by atoms with Crippen molar-refractivity contribution in [2.75, 3.05) is 0 Å². The number of nitrogens with one attached hydrogen (secondary N) is 4. The number of benzene rings is 2. The van der Waals surface area contributed by atoms with Crippen LogP contribution in [-0.4, -0.2) is 74.1 Å². The Balaban J connectivity index is 1.87. The molecule has 41 heavy (non-hydrogen) atoms. The second-order valence-electron chi connectivity index (χ2n) is 9.66. The number of aliphatic carboxylic acids is 2. The van der Waals surface area contributed by atoms with E-state index in [1.165, 1.54) is 19.1 Å². The van der Waals surface area contributed by atoms with E-state index in [1.54, 1.807) is 18.3 Å². The maximum absolute atomic E-state index is 13.6. The number of rotatable bonds is 14. The third kappa shape index (κ3) is 8.80. The number of phenolic OH excluding ortho intramolecular Hbond substituents is 1. The Morgan fingerprint density at radius 2 is 1.46 bits per heavy atom. The third-order valence-corrected chi connectivity index (χ3v) is 6.48. The number of phenols is 1. The van der Waals surface area contributed by atoms with Crippen molar-refractivity contribution in [3.8, 4) is 5.75 Å². The van der Waals surface area contributed by atoms with Crippen LogP contribution in [0.5, 0.6) is 5.75 Å². The molecule has 1 aromatic heterocycles. The van der Waals surface area contributed by atoms with E-state index in [0.717, 1.165) is 10.9 Å². The molecule has 0 saturated heterocycles. The first-order valence-electron chi connectivity index (χ1n) is 12.9. The van der Waals surface area contributed by atoms with Crippen LogP contribution in [0.4, 0.5) is 0 Å². The second kappa shape index (κ2) is 13.9. The van der Waals surface area contributed by atoms with Crippen LogP contribution in [0.1, 0.15) is 30.9 Å². The molecule has 1 heterocycles. The lowest BCUT2D eigenvalue weighted by Gasteiger charge is -2.25. The predicted octanol–water partition coefficient (Wildman–Crippen LogP) is 0.410. The summed E-state index contributed by atoms with van der Waals surface area (Å²) in [6.45, 7) is 1.28. The molecule has 3 aromatic rings. The molecule has 3 rings (SSSR count). The zero-order valence-corrected chi connectivity index (χ0v) is 22.3. The predicted molar refractivity (Wildman–Crippen MR) is 148 cm³/mol. The van der Waals surface area contributed by atoms with Gasteiger partial charge in [0.25, 0.3) is 0 Å². The molecule has 0 radical (unpaired) electrons. The number of hydrogen-bond acceptors (Lipinski definition) is 7. The number of carbonyl (C=O) groups is 5. The molecule has 0 saturated carbocycles. The largest absolute Gasteiger partial charge is 0.508 e. The number of carboxylic acids is 2. The Morgan fingerprint density at radius 1 is 0.854 bits per heavy atom. The van der Waals surface area contributed by atoms with Crippen molar-refractivity contribution in [2.45, 2.75) is 56.8 Å². The van der Waals surface area contributed by atoms with E-state index in [0.29, 0.717) is 11.1 Å². The van der Waals surface area contributed by atoms with Crippen LogP contribution in [0.25, 0.3) is 10.9 Å². The molecule has 9 N–H and O–H groups in total. The highest BCUT2D eigenvalue weighted by Gasteiger charge is 2.30. The van der Waals surface area contributed by atoms with Crippen LogP contribution in [0, 0.1) is 0 Å². The number of aromatic nitrogens is 1. The summed E-state index contributed by atoms with van der Waals surface area (Å²) < 4.78 is 0. The average Bonchev–Trinajstić information content (AvgIpc) is 3.34. The van der Waals surface area contributed by atoms with Crippen LogP contribution in [0.15, 0.2) is 54.7 Å². The summed E-state index contributed by atoms with van der Waals surface area (Å²) in [5, 5.41) is 36.1. The van der Waals surface area contributed by atoms with Crippen molar-refractivity contribution in [1.29, 1.82) is 0 Å². The molecule has 0 bridgehead atoms. The van der Waals surface area contributed by atoms with Crippen molar-refractivity contribution < 1.29 is 39.3 Å². The lowest BCUT2D eigenvalue weighted by atomic mass is 10.0. The average molecular weight is 568 g/mol. The first kappa shape index (κ1) is 30.6. The van der Waals surface area contributed by atoms with E-state index in [4.69, 9.17) is 10.8 Å². The van der Waals surface area contributed by atoms with Gasteiger partial charge in [-0.05, 0) is 42.7 Å². The standard InChI is InChI=1S/C28H33N5O8/c1-15(28(40)41)31-26(38)22(12-16-6-8-18(34)9-7-16)33-27(39)23(32-25(37)20(29)10-11-24(35)36)13-17-14-30-21-5-3-2-4-19(17)21/h2-9,14-15,20,22-23,30,34H,10-13,29H2,1H3,(H,31,38)(H,32,37)(H,33,39)(H,35,36)(H,40,41). The van der Waals surface area contributed by atoms with Gasteiger partial charge in [-0.1, -0.05) is 30.3 Å². The number of fused-ring (bicyclic) bond motifs is 1. The summed E-state index contributed by atoms with van der Waals surface area (Å²) in [5.74, 6) is -4.65. The first-order valence-corrected chi connectivity index (χ1v) is 12.9. The second-order valence-corrected chi connectivity index (χ2v) is 9.66. The Kier molecular flexibility index (Phi) is 10.4. The number of aromatic hydroxyl groups is 1. The number of amides is 3. The van der Waals surface area contributed by atoms with E-state index < -0.39 is 53.8 Å². The van der Waals surface area contributed by atoms with Gasteiger partial charge in [0, 0.05) is 36.4 Å². The molecular formula is C28H33N5O8. The monoisotopic (exact) mass is 567 g/mol. The Morgan fingerprint density at radius 3 is 2.12 bits per heavy atom. The molecule has 0 fully saturated rings. The zero-order chi connectivity index (χ0) is 30.1. The molecule has 13 heteroatoms. The summed E-state index contributed by atoms with van der Waals surface area (Å²) >= 11 is 0. The van der Waals surface area contributed by atoms with Crippen molar-refractivity contribution in [3.05, 3.63) is 65.9 Å². The van der Waals surface area contributed by atoms with Gasteiger partial charge >= 0.3 is 11.9 Å². The number of carbonyl (C=O) groups excluding carboxylic acids is 3. The summed E-state index contributed by atoms with van der Waals surface area (Å²) in [5.41, 5.74) is 7.94. The fourth-order valence-corrected chi connectivity index (χ4v) is 4.14. The number of hydrogen-bond donors (Lipinski definition) is 8. The van der Waals surface area contributed by atoms with E-state index in [9.17, 15) is 34.2 Å². The van der Waals surface area contributed by atoms with Crippen molar-refractivity contribution >= 4 is 40.6 Å². The SMILES string of the molecule is CC(NC(=O)C(Cc1ccc(O)cc1)NC(=O)C(Cc1c[nH]c2ccccc12)NC(=O)C(N)CCC(=O)O)C(=O)O. The van der Waals surface area contributed by atoms with Gasteiger partial charge in [-0.2, -0.15) is 0 Å². The molecule has 2 aromatic carbocycles. The number of nitrogens with two attached hydrogens (primary N) is 1. The van der Waals surface area contributed by atoms with Crippen LogP contribution in [-0.2, 0) is 36.8 Å². The summed E-state index contributed by atoms with van der Waals surface area (Å²) in [6.07, 6.45) is 1.16. The van der Waals surface area contributed by atoms with E-state index in [2.05, 4.69) is 20.9 Å². The minimum absolute atomic E-state index is 0.000899. The van der Waals surface area contributed by atoms with Gasteiger partial charge < -0.3 is 42.0 Å². The van der Waals surface area contributed by atoms with Crippen LogP contribution in [0.2, 0.25) is 0 Å². The van der Waals surface area contributed by atoms with Crippen molar-refractivity contribution in [2.24, 2.45) is 5.73 Å².